The number of aromatic nitrogens is 1. The molecule has 0 saturated carbocycles. The summed E-state index contributed by atoms with van der Waals surface area (Å²) in [4.78, 5) is 15.7. The van der Waals surface area contributed by atoms with E-state index in [4.69, 9.17) is 23.2 Å². The summed E-state index contributed by atoms with van der Waals surface area (Å²) in [5, 5.41) is 2.69. The first-order valence-corrected chi connectivity index (χ1v) is 6.38. The number of carbonyl (C=O) groups is 1. The van der Waals surface area contributed by atoms with E-state index in [1.807, 2.05) is 0 Å². The number of rotatable bonds is 4. The minimum Gasteiger partial charge on any atom is -0.433 e. The van der Waals surface area contributed by atoms with Crippen LogP contribution in [0.3, 0.4) is 0 Å². The molecule has 1 aromatic heterocycles. The second-order valence-corrected chi connectivity index (χ2v) is 4.64. The molecule has 1 aromatic carbocycles. The van der Waals surface area contributed by atoms with Crippen molar-refractivity contribution in [3.05, 3.63) is 52.3 Å². The molecule has 0 aliphatic rings. The van der Waals surface area contributed by atoms with Crippen LogP contribution in [0, 0.1) is 0 Å². The zero-order valence-corrected chi connectivity index (χ0v) is 11.8. The minimum absolute atomic E-state index is 0.0409. The average molecular weight is 333 g/mol. The van der Waals surface area contributed by atoms with Gasteiger partial charge in [-0.1, -0.05) is 23.2 Å². The monoisotopic (exact) mass is 332 g/mol. The van der Waals surface area contributed by atoms with Gasteiger partial charge < -0.3 is 10.1 Å². The van der Waals surface area contributed by atoms with Crippen molar-refractivity contribution in [3.63, 3.8) is 0 Å². The fraction of sp³-hybridized carbons (Fsp3) is 0.0769. The lowest BCUT2D eigenvalue weighted by Crippen LogP contribution is -2.12. The van der Waals surface area contributed by atoms with Gasteiger partial charge in [-0.05, 0) is 30.3 Å². The lowest BCUT2D eigenvalue weighted by Gasteiger charge is -2.09. The van der Waals surface area contributed by atoms with Crippen LogP contribution in [0.15, 0.2) is 36.5 Å². The Kier molecular flexibility index (Phi) is 4.93. The molecule has 21 heavy (non-hydrogen) atoms. The lowest BCUT2D eigenvalue weighted by molar-refractivity contribution is -0.0497. The number of amides is 1. The summed E-state index contributed by atoms with van der Waals surface area (Å²) in [5.74, 6) is -0.602. The molecular weight excluding hydrogens is 325 g/mol. The first-order valence-electron chi connectivity index (χ1n) is 5.63. The van der Waals surface area contributed by atoms with E-state index in [-0.39, 0.29) is 15.9 Å². The molecule has 2 aromatic rings. The van der Waals surface area contributed by atoms with E-state index in [0.29, 0.717) is 11.3 Å². The van der Waals surface area contributed by atoms with Crippen molar-refractivity contribution in [1.82, 2.24) is 4.98 Å². The molecule has 1 amide bonds. The van der Waals surface area contributed by atoms with Gasteiger partial charge in [0.25, 0.3) is 5.91 Å². The largest absolute Gasteiger partial charge is 0.433 e. The number of ether oxygens (including phenoxy) is 1. The standard InChI is InChI=1S/C13H8Cl2F2N2O2/c14-9-6-8(1-2-10(9)21-13(16)17)19-12(20)7-3-4-18-11(15)5-7/h1-6,13H,(H,19,20). The molecule has 0 aliphatic heterocycles. The molecule has 1 heterocycles. The van der Waals surface area contributed by atoms with E-state index in [9.17, 15) is 13.6 Å². The van der Waals surface area contributed by atoms with E-state index in [1.165, 1.54) is 36.5 Å². The SMILES string of the molecule is O=C(Nc1ccc(OC(F)F)c(Cl)c1)c1ccnc(Cl)c1. The Hall–Kier alpha value is -1.92. The van der Waals surface area contributed by atoms with Gasteiger partial charge in [0.2, 0.25) is 0 Å². The molecular formula is C13H8Cl2F2N2O2. The van der Waals surface area contributed by atoms with Crippen molar-refractivity contribution >= 4 is 34.8 Å². The highest BCUT2D eigenvalue weighted by molar-refractivity contribution is 6.32. The van der Waals surface area contributed by atoms with Gasteiger partial charge in [0.05, 0.1) is 5.02 Å². The van der Waals surface area contributed by atoms with Crippen LogP contribution in [0.25, 0.3) is 0 Å². The fourth-order valence-electron chi connectivity index (χ4n) is 1.52. The Labute approximate surface area is 128 Å². The molecule has 0 fully saturated rings. The maximum Gasteiger partial charge on any atom is 0.387 e. The molecule has 0 aliphatic carbocycles. The van der Waals surface area contributed by atoms with Crippen LogP contribution in [0.4, 0.5) is 14.5 Å². The third-order valence-electron chi connectivity index (χ3n) is 2.39. The van der Waals surface area contributed by atoms with Gasteiger partial charge in [0.15, 0.2) is 0 Å². The summed E-state index contributed by atoms with van der Waals surface area (Å²) < 4.78 is 28.4. The van der Waals surface area contributed by atoms with Gasteiger partial charge >= 0.3 is 6.61 Å². The Balaban J connectivity index is 2.13. The van der Waals surface area contributed by atoms with Crippen LogP contribution in [0.5, 0.6) is 5.75 Å². The predicted molar refractivity (Wildman–Crippen MR) is 75.3 cm³/mol. The molecule has 0 radical (unpaired) electrons. The number of anilines is 1. The maximum absolute atomic E-state index is 12.1. The first-order chi connectivity index (χ1) is 9.95. The van der Waals surface area contributed by atoms with Crippen LogP contribution in [-0.4, -0.2) is 17.5 Å². The zero-order valence-electron chi connectivity index (χ0n) is 10.3. The van der Waals surface area contributed by atoms with Gasteiger partial charge in [0, 0.05) is 17.4 Å². The molecule has 0 bridgehead atoms. The topological polar surface area (TPSA) is 51.2 Å². The maximum atomic E-state index is 12.1. The van der Waals surface area contributed by atoms with E-state index in [2.05, 4.69) is 15.0 Å². The third-order valence-corrected chi connectivity index (χ3v) is 2.90. The van der Waals surface area contributed by atoms with Gasteiger partial charge in [-0.3, -0.25) is 4.79 Å². The second-order valence-electron chi connectivity index (χ2n) is 3.85. The molecule has 0 atom stereocenters. The molecule has 0 unspecified atom stereocenters. The highest BCUT2D eigenvalue weighted by Gasteiger charge is 2.11. The summed E-state index contributed by atoms with van der Waals surface area (Å²) >= 11 is 11.5. The van der Waals surface area contributed by atoms with E-state index in [1.54, 1.807) is 0 Å². The fourth-order valence-corrected chi connectivity index (χ4v) is 1.92. The van der Waals surface area contributed by atoms with Crippen LogP contribution in [0.2, 0.25) is 10.2 Å². The van der Waals surface area contributed by atoms with Crippen molar-refractivity contribution in [2.45, 2.75) is 6.61 Å². The number of nitrogens with one attached hydrogen (secondary N) is 1. The van der Waals surface area contributed by atoms with E-state index < -0.39 is 12.5 Å². The summed E-state index contributed by atoms with van der Waals surface area (Å²) in [7, 11) is 0. The normalized spacial score (nSPS) is 10.5. The molecule has 2 rings (SSSR count). The summed E-state index contributed by atoms with van der Waals surface area (Å²) in [6.45, 7) is -2.97. The summed E-state index contributed by atoms with van der Waals surface area (Å²) in [5.41, 5.74) is 0.638. The molecule has 0 spiro atoms. The number of carbonyl (C=O) groups excluding carboxylic acids is 1. The van der Waals surface area contributed by atoms with Crippen molar-refractivity contribution in [2.75, 3.05) is 5.32 Å². The number of pyridine rings is 1. The van der Waals surface area contributed by atoms with Crippen LogP contribution in [-0.2, 0) is 0 Å². The van der Waals surface area contributed by atoms with E-state index >= 15 is 0 Å². The lowest BCUT2D eigenvalue weighted by atomic mass is 10.2. The highest BCUT2D eigenvalue weighted by atomic mass is 35.5. The van der Waals surface area contributed by atoms with Crippen molar-refractivity contribution in [2.24, 2.45) is 0 Å². The van der Waals surface area contributed by atoms with Crippen molar-refractivity contribution < 1.29 is 18.3 Å². The third kappa shape index (κ3) is 4.27. The average Bonchev–Trinajstić information content (AvgIpc) is 2.41. The first kappa shape index (κ1) is 15.5. The van der Waals surface area contributed by atoms with Crippen LogP contribution < -0.4 is 10.1 Å². The molecule has 8 heteroatoms. The highest BCUT2D eigenvalue weighted by Crippen LogP contribution is 2.29. The number of hydrogen-bond donors (Lipinski definition) is 1. The Morgan fingerprint density at radius 2 is 2.00 bits per heavy atom. The zero-order chi connectivity index (χ0) is 15.4. The van der Waals surface area contributed by atoms with E-state index in [0.717, 1.165) is 0 Å². The number of benzene rings is 1. The molecule has 0 saturated heterocycles. The van der Waals surface area contributed by atoms with Gasteiger partial charge in [0.1, 0.15) is 10.9 Å². The number of nitrogens with zero attached hydrogens (tertiary/aromatic N) is 1. The molecule has 4 nitrogen and oxygen atoms in total. The van der Waals surface area contributed by atoms with Gasteiger partial charge in [-0.15, -0.1) is 0 Å². The summed E-state index contributed by atoms with van der Waals surface area (Å²) in [6, 6.07) is 6.82. The number of hydrogen-bond acceptors (Lipinski definition) is 3. The minimum atomic E-state index is -2.97. The smallest absolute Gasteiger partial charge is 0.387 e. The van der Waals surface area contributed by atoms with Crippen LogP contribution in [0.1, 0.15) is 10.4 Å². The second kappa shape index (κ2) is 6.69. The Bertz CT molecular complexity index is 668. The number of alkyl halides is 2. The van der Waals surface area contributed by atoms with Crippen molar-refractivity contribution in [3.8, 4) is 5.75 Å². The molecule has 110 valence electrons. The van der Waals surface area contributed by atoms with Crippen molar-refractivity contribution in [1.29, 1.82) is 0 Å². The van der Waals surface area contributed by atoms with Crippen LogP contribution >= 0.6 is 23.2 Å². The quantitative estimate of drug-likeness (QED) is 0.852. The van der Waals surface area contributed by atoms with Gasteiger partial charge in [-0.2, -0.15) is 8.78 Å². The Morgan fingerprint density at radius 1 is 1.24 bits per heavy atom. The van der Waals surface area contributed by atoms with Gasteiger partial charge in [-0.25, -0.2) is 4.98 Å². The molecule has 1 N–H and O–H groups in total. The predicted octanol–water partition coefficient (Wildman–Crippen LogP) is 4.24. The Morgan fingerprint density at radius 3 is 2.62 bits per heavy atom. The number of halogens is 4. The summed E-state index contributed by atoms with van der Waals surface area (Å²) in [6.07, 6.45) is 1.39.